The van der Waals surface area contributed by atoms with E-state index in [-0.39, 0.29) is 6.04 Å². The Morgan fingerprint density at radius 1 is 1.56 bits per heavy atom. The van der Waals surface area contributed by atoms with Gasteiger partial charge in [0.2, 0.25) is 0 Å². The molecule has 1 aromatic rings. The van der Waals surface area contributed by atoms with Crippen LogP contribution < -0.4 is 5.73 Å². The molecule has 0 radical (unpaired) electrons. The normalized spacial score (nSPS) is 12.4. The van der Waals surface area contributed by atoms with Crippen molar-refractivity contribution in [2.45, 2.75) is 25.9 Å². The van der Waals surface area contributed by atoms with Crippen LogP contribution in [0.25, 0.3) is 0 Å². The third-order valence-electron chi connectivity index (χ3n) is 2.64. The summed E-state index contributed by atoms with van der Waals surface area (Å²) in [4.78, 5) is 2.10. The molecule has 0 fully saturated rings. The number of hydrogen-bond donors (Lipinski definition) is 1. The van der Waals surface area contributed by atoms with Crippen molar-refractivity contribution in [2.24, 2.45) is 0 Å². The minimum absolute atomic E-state index is 0.221. The van der Waals surface area contributed by atoms with Gasteiger partial charge >= 0.3 is 0 Å². The summed E-state index contributed by atoms with van der Waals surface area (Å²) in [5, 5.41) is 9.30. The molecule has 0 aliphatic heterocycles. The van der Waals surface area contributed by atoms with Crippen LogP contribution in [0.3, 0.4) is 0 Å². The Morgan fingerprint density at radius 2 is 2.25 bits per heavy atom. The maximum atomic E-state index is 8.62. The largest absolute Gasteiger partial charge is 0.399 e. The Balaban J connectivity index is 2.70. The molecule has 0 aliphatic carbocycles. The van der Waals surface area contributed by atoms with Crippen LogP contribution in [0.1, 0.15) is 18.9 Å². The van der Waals surface area contributed by atoms with E-state index in [4.69, 9.17) is 22.6 Å². The Morgan fingerprint density at radius 3 is 2.81 bits per heavy atom. The maximum Gasteiger partial charge on any atom is 0.0638 e. The highest BCUT2D eigenvalue weighted by atomic mass is 35.5. The molecule has 1 unspecified atom stereocenters. The molecule has 0 saturated heterocycles. The summed E-state index contributed by atoms with van der Waals surface area (Å²) in [6, 6.07) is 7.90. The lowest BCUT2D eigenvalue weighted by Crippen LogP contribution is -2.28. The third kappa shape index (κ3) is 3.41. The van der Waals surface area contributed by atoms with Crippen molar-refractivity contribution >= 4 is 17.3 Å². The monoisotopic (exact) mass is 237 g/mol. The van der Waals surface area contributed by atoms with Crippen LogP contribution in [0.5, 0.6) is 0 Å². The van der Waals surface area contributed by atoms with Crippen LogP contribution in [0.15, 0.2) is 18.2 Å². The first-order valence-electron chi connectivity index (χ1n) is 5.15. The van der Waals surface area contributed by atoms with E-state index in [1.54, 1.807) is 6.07 Å². The number of rotatable bonds is 4. The second-order valence-electron chi connectivity index (χ2n) is 3.98. The van der Waals surface area contributed by atoms with Crippen LogP contribution in [-0.2, 0) is 6.54 Å². The van der Waals surface area contributed by atoms with Crippen molar-refractivity contribution in [3.63, 3.8) is 0 Å². The van der Waals surface area contributed by atoms with Crippen molar-refractivity contribution in [1.82, 2.24) is 4.90 Å². The zero-order chi connectivity index (χ0) is 12.1. The summed E-state index contributed by atoms with van der Waals surface area (Å²) < 4.78 is 0. The van der Waals surface area contributed by atoms with Crippen molar-refractivity contribution in [1.29, 1.82) is 5.26 Å². The van der Waals surface area contributed by atoms with E-state index in [0.29, 0.717) is 17.1 Å². The number of anilines is 1. The predicted octanol–water partition coefficient (Wildman–Crippen LogP) is 2.66. The number of hydrogen-bond acceptors (Lipinski definition) is 3. The van der Waals surface area contributed by atoms with Crippen LogP contribution in [0, 0.1) is 11.3 Å². The van der Waals surface area contributed by atoms with E-state index in [9.17, 15) is 0 Å². The van der Waals surface area contributed by atoms with Gasteiger partial charge in [0.15, 0.2) is 0 Å². The number of nitrogens with two attached hydrogens (primary N) is 1. The smallest absolute Gasteiger partial charge is 0.0638 e. The van der Waals surface area contributed by atoms with Crippen LogP contribution in [-0.4, -0.2) is 18.0 Å². The highest BCUT2D eigenvalue weighted by Gasteiger charge is 2.10. The molecule has 1 atom stereocenters. The van der Waals surface area contributed by atoms with Gasteiger partial charge in [0, 0.05) is 23.3 Å². The van der Waals surface area contributed by atoms with Gasteiger partial charge in [0.25, 0.3) is 0 Å². The second kappa shape index (κ2) is 5.74. The molecule has 4 heteroatoms. The van der Waals surface area contributed by atoms with E-state index in [1.807, 2.05) is 26.1 Å². The Bertz CT molecular complexity index is 398. The van der Waals surface area contributed by atoms with Crippen molar-refractivity contribution in [2.75, 3.05) is 12.8 Å². The molecular weight excluding hydrogens is 222 g/mol. The average Bonchev–Trinajstić information content (AvgIpc) is 2.22. The van der Waals surface area contributed by atoms with E-state index in [0.717, 1.165) is 12.1 Å². The molecular formula is C12H16ClN3. The summed E-state index contributed by atoms with van der Waals surface area (Å²) in [5.41, 5.74) is 7.32. The zero-order valence-corrected chi connectivity index (χ0v) is 10.3. The molecule has 0 bridgehead atoms. The van der Waals surface area contributed by atoms with E-state index >= 15 is 0 Å². The molecule has 3 nitrogen and oxygen atoms in total. The molecule has 1 rings (SSSR count). The lowest BCUT2D eigenvalue weighted by atomic mass is 10.1. The molecule has 0 saturated carbocycles. The molecule has 86 valence electrons. The fourth-order valence-electron chi connectivity index (χ4n) is 1.40. The fourth-order valence-corrected chi connectivity index (χ4v) is 1.65. The van der Waals surface area contributed by atoms with Gasteiger partial charge in [-0.3, -0.25) is 4.90 Å². The summed E-state index contributed by atoms with van der Waals surface area (Å²) in [5.74, 6) is 0. The second-order valence-corrected chi connectivity index (χ2v) is 4.38. The van der Waals surface area contributed by atoms with Crippen molar-refractivity contribution < 1.29 is 0 Å². The number of nitriles is 1. The molecule has 0 amide bonds. The Kier molecular flexibility index (Phi) is 4.60. The lowest BCUT2D eigenvalue weighted by Gasteiger charge is -2.23. The van der Waals surface area contributed by atoms with Gasteiger partial charge in [0.05, 0.1) is 12.5 Å². The summed E-state index contributed by atoms with van der Waals surface area (Å²) in [6.45, 7) is 2.75. The average molecular weight is 238 g/mol. The number of benzene rings is 1. The topological polar surface area (TPSA) is 53.0 Å². The highest BCUT2D eigenvalue weighted by molar-refractivity contribution is 6.31. The van der Waals surface area contributed by atoms with Crippen LogP contribution in [0.2, 0.25) is 5.02 Å². The number of nitrogen functional groups attached to an aromatic ring is 1. The van der Waals surface area contributed by atoms with E-state index in [1.165, 1.54) is 0 Å². The molecule has 0 aromatic heterocycles. The van der Waals surface area contributed by atoms with Gasteiger partial charge < -0.3 is 5.73 Å². The number of halogens is 1. The minimum Gasteiger partial charge on any atom is -0.399 e. The fraction of sp³-hybridized carbons (Fsp3) is 0.417. The van der Waals surface area contributed by atoms with Gasteiger partial charge in [-0.25, -0.2) is 0 Å². The van der Waals surface area contributed by atoms with Gasteiger partial charge in [-0.1, -0.05) is 17.7 Å². The molecule has 0 spiro atoms. The van der Waals surface area contributed by atoms with Gasteiger partial charge in [-0.15, -0.1) is 0 Å². The Labute approximate surface area is 101 Å². The van der Waals surface area contributed by atoms with Crippen molar-refractivity contribution in [3.05, 3.63) is 28.8 Å². The van der Waals surface area contributed by atoms with Crippen molar-refractivity contribution in [3.8, 4) is 6.07 Å². The van der Waals surface area contributed by atoms with E-state index < -0.39 is 0 Å². The highest BCUT2D eigenvalue weighted by Crippen LogP contribution is 2.21. The Hall–Kier alpha value is -1.24. The van der Waals surface area contributed by atoms with Gasteiger partial charge in [0.1, 0.15) is 0 Å². The first-order chi connectivity index (χ1) is 7.54. The zero-order valence-electron chi connectivity index (χ0n) is 9.57. The quantitative estimate of drug-likeness (QED) is 0.820. The van der Waals surface area contributed by atoms with E-state index in [2.05, 4.69) is 11.0 Å². The van der Waals surface area contributed by atoms with Gasteiger partial charge in [-0.2, -0.15) is 5.26 Å². The molecule has 0 heterocycles. The third-order valence-corrected chi connectivity index (χ3v) is 2.99. The first kappa shape index (κ1) is 12.8. The molecule has 16 heavy (non-hydrogen) atoms. The lowest BCUT2D eigenvalue weighted by molar-refractivity contribution is 0.252. The maximum absolute atomic E-state index is 8.62. The standard InChI is InChI=1S/C12H16ClN3/c1-9(5-6-14)16(2)8-10-3-4-11(15)7-12(10)13/h3-4,7,9H,5,8,15H2,1-2H3. The first-order valence-corrected chi connectivity index (χ1v) is 5.53. The van der Waals surface area contributed by atoms with Crippen LogP contribution >= 0.6 is 11.6 Å². The van der Waals surface area contributed by atoms with Gasteiger partial charge in [-0.05, 0) is 31.7 Å². The molecule has 0 aliphatic rings. The SMILES string of the molecule is CC(CC#N)N(C)Cc1ccc(N)cc1Cl. The predicted molar refractivity (Wildman–Crippen MR) is 67.0 cm³/mol. The molecule has 2 N–H and O–H groups in total. The molecule has 1 aromatic carbocycles. The minimum atomic E-state index is 0.221. The van der Waals surface area contributed by atoms with Crippen LogP contribution in [0.4, 0.5) is 5.69 Å². The summed E-state index contributed by atoms with van der Waals surface area (Å²) in [6.07, 6.45) is 0.517. The summed E-state index contributed by atoms with van der Waals surface area (Å²) in [7, 11) is 1.98. The summed E-state index contributed by atoms with van der Waals surface area (Å²) >= 11 is 6.08. The number of nitrogens with zero attached hydrogens (tertiary/aromatic N) is 2.